The average Bonchev–Trinajstić information content (AvgIpc) is 3.30. The monoisotopic (exact) mass is 349 g/mol. The molecule has 0 amide bonds. The molecule has 3 heterocycles. The molecule has 0 aliphatic rings. The van der Waals surface area contributed by atoms with Crippen molar-refractivity contribution in [1.82, 2.24) is 14.6 Å². The van der Waals surface area contributed by atoms with Gasteiger partial charge >= 0.3 is 0 Å². The third-order valence-electron chi connectivity index (χ3n) is 4.12. The minimum Gasteiger partial charge on any atom is -0.378 e. The molecule has 4 rings (SSSR count). The highest BCUT2D eigenvalue weighted by Gasteiger charge is 2.11. The molecule has 126 valence electrons. The van der Waals surface area contributed by atoms with Gasteiger partial charge in [0.05, 0.1) is 12.7 Å². The quantitative estimate of drug-likeness (QED) is 0.588. The number of nitrogens with one attached hydrogen (secondary N) is 1. The summed E-state index contributed by atoms with van der Waals surface area (Å²) in [5.74, 6) is 0.939. The molecule has 0 spiro atoms. The summed E-state index contributed by atoms with van der Waals surface area (Å²) < 4.78 is 1.86. The van der Waals surface area contributed by atoms with Crippen LogP contribution in [0.2, 0.25) is 0 Å². The fourth-order valence-electron chi connectivity index (χ4n) is 2.76. The van der Waals surface area contributed by atoms with Gasteiger partial charge in [-0.25, -0.2) is 4.98 Å². The van der Waals surface area contributed by atoms with E-state index in [0.29, 0.717) is 0 Å². The van der Waals surface area contributed by atoms with Crippen LogP contribution in [0.3, 0.4) is 0 Å². The van der Waals surface area contributed by atoms with E-state index in [0.717, 1.165) is 29.1 Å². The van der Waals surface area contributed by atoms with Crippen molar-refractivity contribution in [2.45, 2.75) is 6.54 Å². The van der Waals surface area contributed by atoms with Crippen LogP contribution in [0.4, 0.5) is 11.5 Å². The van der Waals surface area contributed by atoms with E-state index in [1.807, 2.05) is 37.1 Å². The van der Waals surface area contributed by atoms with Gasteiger partial charge in [-0.1, -0.05) is 18.2 Å². The molecule has 25 heavy (non-hydrogen) atoms. The SMILES string of the molecule is CN(C)c1ccc(-c2cnn3c(NCc4cccs4)ccnc23)cc1. The average molecular weight is 349 g/mol. The Bertz CT molecular complexity index is 971. The first kappa shape index (κ1) is 15.7. The number of aromatic nitrogens is 3. The molecule has 1 aromatic carbocycles. The maximum atomic E-state index is 4.54. The van der Waals surface area contributed by atoms with E-state index in [4.69, 9.17) is 0 Å². The first-order valence-corrected chi connectivity index (χ1v) is 8.97. The molecule has 3 aromatic heterocycles. The predicted octanol–water partition coefficient (Wildman–Crippen LogP) is 4.14. The molecule has 0 aliphatic heterocycles. The van der Waals surface area contributed by atoms with Gasteiger partial charge in [0.15, 0.2) is 5.65 Å². The second-order valence-corrected chi connectivity index (χ2v) is 7.03. The Balaban J connectivity index is 1.66. The first-order valence-electron chi connectivity index (χ1n) is 8.09. The minimum atomic E-state index is 0.781. The Labute approximate surface area is 150 Å². The number of thiophene rings is 1. The lowest BCUT2D eigenvalue weighted by Crippen LogP contribution is -2.07. The summed E-state index contributed by atoms with van der Waals surface area (Å²) in [6, 6.07) is 14.6. The third kappa shape index (κ3) is 3.08. The van der Waals surface area contributed by atoms with Gasteiger partial charge in [-0.15, -0.1) is 11.3 Å². The highest BCUT2D eigenvalue weighted by molar-refractivity contribution is 7.09. The number of anilines is 2. The first-order chi connectivity index (χ1) is 12.2. The summed E-state index contributed by atoms with van der Waals surface area (Å²) in [5.41, 5.74) is 4.17. The zero-order chi connectivity index (χ0) is 17.2. The second-order valence-electron chi connectivity index (χ2n) is 6.00. The highest BCUT2D eigenvalue weighted by Crippen LogP contribution is 2.27. The Hall–Kier alpha value is -2.86. The molecule has 0 aliphatic carbocycles. The Morgan fingerprint density at radius 3 is 2.68 bits per heavy atom. The van der Waals surface area contributed by atoms with Crippen molar-refractivity contribution in [2.75, 3.05) is 24.3 Å². The molecule has 1 N–H and O–H groups in total. The molecule has 0 fully saturated rings. The standard InChI is InChI=1S/C19H19N5S/c1-23(2)15-7-5-14(6-8-15)17-13-22-24-18(9-10-20-19(17)24)21-12-16-4-3-11-25-16/h3-11,13,21H,12H2,1-2H3. The lowest BCUT2D eigenvalue weighted by atomic mass is 10.1. The van der Waals surface area contributed by atoms with Gasteiger partial charge in [-0.3, -0.25) is 0 Å². The van der Waals surface area contributed by atoms with Gasteiger partial charge in [0.1, 0.15) is 5.82 Å². The van der Waals surface area contributed by atoms with E-state index in [1.165, 1.54) is 10.6 Å². The van der Waals surface area contributed by atoms with E-state index < -0.39 is 0 Å². The smallest absolute Gasteiger partial charge is 0.165 e. The molecule has 4 aromatic rings. The summed E-state index contributed by atoms with van der Waals surface area (Å²) in [7, 11) is 4.08. The van der Waals surface area contributed by atoms with Crippen molar-refractivity contribution < 1.29 is 0 Å². The zero-order valence-corrected chi connectivity index (χ0v) is 15.0. The molecular formula is C19H19N5S. The molecule has 0 atom stereocenters. The summed E-state index contributed by atoms with van der Waals surface area (Å²) >= 11 is 1.74. The summed E-state index contributed by atoms with van der Waals surface area (Å²) in [6.45, 7) is 0.781. The minimum absolute atomic E-state index is 0.781. The maximum Gasteiger partial charge on any atom is 0.165 e. The molecule has 0 saturated carbocycles. The van der Waals surface area contributed by atoms with Crippen molar-refractivity contribution in [3.8, 4) is 11.1 Å². The highest BCUT2D eigenvalue weighted by atomic mass is 32.1. The molecular weight excluding hydrogens is 330 g/mol. The van der Waals surface area contributed by atoms with Gasteiger partial charge in [0.2, 0.25) is 0 Å². The number of nitrogens with zero attached hydrogens (tertiary/aromatic N) is 4. The van der Waals surface area contributed by atoms with Crippen LogP contribution in [-0.4, -0.2) is 28.7 Å². The van der Waals surface area contributed by atoms with Crippen molar-refractivity contribution in [1.29, 1.82) is 0 Å². The largest absolute Gasteiger partial charge is 0.378 e. The van der Waals surface area contributed by atoms with Crippen LogP contribution in [0, 0.1) is 0 Å². The van der Waals surface area contributed by atoms with Crippen molar-refractivity contribution >= 4 is 28.5 Å². The lowest BCUT2D eigenvalue weighted by molar-refractivity contribution is 0.928. The fourth-order valence-corrected chi connectivity index (χ4v) is 3.40. The van der Waals surface area contributed by atoms with Crippen LogP contribution in [0.5, 0.6) is 0 Å². The Morgan fingerprint density at radius 1 is 1.12 bits per heavy atom. The van der Waals surface area contributed by atoms with Gasteiger partial charge in [0.25, 0.3) is 0 Å². The lowest BCUT2D eigenvalue weighted by Gasteiger charge is -2.12. The van der Waals surface area contributed by atoms with Gasteiger partial charge in [0, 0.05) is 36.4 Å². The Morgan fingerprint density at radius 2 is 1.96 bits per heavy atom. The van der Waals surface area contributed by atoms with Gasteiger partial charge in [-0.2, -0.15) is 9.61 Å². The number of fused-ring (bicyclic) bond motifs is 1. The molecule has 5 nitrogen and oxygen atoms in total. The van der Waals surface area contributed by atoms with Crippen molar-refractivity contribution in [2.24, 2.45) is 0 Å². The van der Waals surface area contributed by atoms with Gasteiger partial charge < -0.3 is 10.2 Å². The summed E-state index contributed by atoms with van der Waals surface area (Å²) in [5, 5.41) is 10.1. The van der Waals surface area contributed by atoms with Crippen molar-refractivity contribution in [3.05, 3.63) is 65.1 Å². The van der Waals surface area contributed by atoms with E-state index in [-0.39, 0.29) is 0 Å². The van der Waals surface area contributed by atoms with E-state index in [2.05, 4.69) is 62.1 Å². The molecule has 0 radical (unpaired) electrons. The zero-order valence-electron chi connectivity index (χ0n) is 14.2. The van der Waals surface area contributed by atoms with E-state index in [1.54, 1.807) is 11.3 Å². The number of hydrogen-bond acceptors (Lipinski definition) is 5. The summed E-state index contributed by atoms with van der Waals surface area (Å²) in [4.78, 5) is 7.91. The van der Waals surface area contributed by atoms with E-state index >= 15 is 0 Å². The van der Waals surface area contributed by atoms with Crippen LogP contribution in [0.25, 0.3) is 16.8 Å². The fraction of sp³-hybridized carbons (Fsp3) is 0.158. The third-order valence-corrected chi connectivity index (χ3v) is 5.00. The summed E-state index contributed by atoms with van der Waals surface area (Å²) in [6.07, 6.45) is 3.70. The number of hydrogen-bond donors (Lipinski definition) is 1. The van der Waals surface area contributed by atoms with Gasteiger partial charge in [-0.05, 0) is 35.2 Å². The molecule has 0 unspecified atom stereocenters. The molecule has 0 bridgehead atoms. The molecule has 0 saturated heterocycles. The topological polar surface area (TPSA) is 45.5 Å². The number of benzene rings is 1. The second kappa shape index (κ2) is 6.57. The van der Waals surface area contributed by atoms with Crippen LogP contribution < -0.4 is 10.2 Å². The van der Waals surface area contributed by atoms with Crippen LogP contribution >= 0.6 is 11.3 Å². The normalized spacial score (nSPS) is 11.0. The van der Waals surface area contributed by atoms with Crippen LogP contribution in [-0.2, 0) is 6.54 Å². The number of rotatable bonds is 5. The van der Waals surface area contributed by atoms with E-state index in [9.17, 15) is 0 Å². The molecule has 6 heteroatoms. The maximum absolute atomic E-state index is 4.54. The van der Waals surface area contributed by atoms with Crippen molar-refractivity contribution in [3.63, 3.8) is 0 Å². The Kier molecular flexibility index (Phi) is 4.11. The predicted molar refractivity (Wildman–Crippen MR) is 104 cm³/mol. The van der Waals surface area contributed by atoms with Crippen LogP contribution in [0.15, 0.2) is 60.2 Å². The van der Waals surface area contributed by atoms with Crippen LogP contribution in [0.1, 0.15) is 4.88 Å².